The Morgan fingerprint density at radius 1 is 1.21 bits per heavy atom. The van der Waals surface area contributed by atoms with Crippen LogP contribution in [-0.4, -0.2) is 15.7 Å². The molecule has 0 bridgehead atoms. The maximum absolute atomic E-state index is 4.31. The van der Waals surface area contributed by atoms with Gasteiger partial charge in [-0.3, -0.25) is 0 Å². The minimum absolute atomic E-state index is 0.539. The van der Waals surface area contributed by atoms with Crippen LogP contribution in [0.25, 0.3) is 0 Å². The van der Waals surface area contributed by atoms with Gasteiger partial charge in [0, 0.05) is 10.00 Å². The van der Waals surface area contributed by atoms with Gasteiger partial charge in [0.1, 0.15) is 0 Å². The van der Waals surface area contributed by atoms with Gasteiger partial charge in [0.2, 0.25) is 0 Å². The molecule has 0 saturated carbocycles. The number of rotatable bonds is 8. The summed E-state index contributed by atoms with van der Waals surface area (Å²) >= 11 is 6.50. The van der Waals surface area contributed by atoms with E-state index in [1.54, 1.807) is 0 Å². The Hall–Kier alpha value is 0.700. The summed E-state index contributed by atoms with van der Waals surface area (Å²) in [5, 5.41) is 0.763. The molecule has 0 aliphatic carbocycles. The molecule has 0 aromatic carbocycles. The van der Waals surface area contributed by atoms with Gasteiger partial charge in [-0.15, -0.1) is 0 Å². The molecule has 1 atom stereocenters. The Labute approximate surface area is 100 Å². The third-order valence-electron chi connectivity index (χ3n) is 2.98. The first-order chi connectivity index (χ1) is 6.64. The molecule has 1 unspecified atom stereocenters. The van der Waals surface area contributed by atoms with Crippen molar-refractivity contribution in [3.63, 3.8) is 0 Å². The highest BCUT2D eigenvalue weighted by molar-refractivity contribution is 8.01. The van der Waals surface area contributed by atoms with Gasteiger partial charge in [0.15, 0.2) is 0 Å². The predicted octanol–water partition coefficient (Wildman–Crippen LogP) is 4.79. The highest BCUT2D eigenvalue weighted by Gasteiger charge is 2.27. The molecule has 2 heteroatoms. The molecule has 0 amide bonds. The molecule has 0 aromatic heterocycles. The molecule has 0 nitrogen and oxygen atoms in total. The van der Waals surface area contributed by atoms with Gasteiger partial charge in [0.25, 0.3) is 0 Å². The number of hydrogen-bond acceptors (Lipinski definition) is 2. The van der Waals surface area contributed by atoms with E-state index in [-0.39, 0.29) is 0 Å². The lowest BCUT2D eigenvalue weighted by atomic mass is 9.97. The average Bonchev–Trinajstić information content (AvgIpc) is 2.17. The van der Waals surface area contributed by atoms with Crippen molar-refractivity contribution in [1.29, 1.82) is 0 Å². The van der Waals surface area contributed by atoms with Crippen LogP contribution in [0.5, 0.6) is 0 Å². The number of thioether (sulfide) groups is 1. The van der Waals surface area contributed by atoms with Crippen LogP contribution in [0, 0.1) is 0 Å². The monoisotopic (exact) mass is 234 g/mol. The van der Waals surface area contributed by atoms with E-state index in [2.05, 4.69) is 52.1 Å². The fraction of sp³-hybridized carbons (Fsp3) is 1.00. The molecule has 14 heavy (non-hydrogen) atoms. The normalized spacial score (nSPS) is 14.4. The minimum atomic E-state index is 0.539. The molecule has 0 aromatic rings. The second-order valence-electron chi connectivity index (χ2n) is 4.08. The van der Waals surface area contributed by atoms with Crippen molar-refractivity contribution >= 4 is 24.4 Å². The Morgan fingerprint density at radius 3 is 2.14 bits per heavy atom. The zero-order valence-electron chi connectivity index (χ0n) is 10.2. The van der Waals surface area contributed by atoms with Gasteiger partial charge in [-0.2, -0.15) is 24.4 Å². The molecule has 0 aliphatic heterocycles. The lowest BCUT2D eigenvalue weighted by Crippen LogP contribution is -2.25. The largest absolute Gasteiger partial charge is 0.179 e. The van der Waals surface area contributed by atoms with Gasteiger partial charge >= 0.3 is 0 Å². The van der Waals surface area contributed by atoms with Gasteiger partial charge in [-0.1, -0.05) is 34.1 Å². The second kappa shape index (κ2) is 7.92. The molecule has 0 aliphatic rings. The summed E-state index contributed by atoms with van der Waals surface area (Å²) in [7, 11) is 0. The first kappa shape index (κ1) is 14.7. The van der Waals surface area contributed by atoms with Crippen LogP contribution >= 0.6 is 24.4 Å². The third kappa shape index (κ3) is 4.97. The standard InChI is InChI=1S/C12H26S2/c1-5-9-12(6-2,7-3)14-11(4)8-10-13/h11,13H,5-10H2,1-4H3. The van der Waals surface area contributed by atoms with Crippen LogP contribution in [0.15, 0.2) is 0 Å². The van der Waals surface area contributed by atoms with E-state index in [0.29, 0.717) is 4.75 Å². The molecule has 0 saturated heterocycles. The molecule has 0 fully saturated rings. The molecule has 0 N–H and O–H groups in total. The Kier molecular flexibility index (Phi) is 8.32. The topological polar surface area (TPSA) is 0 Å². The maximum atomic E-state index is 4.31. The summed E-state index contributed by atoms with van der Waals surface area (Å²) < 4.78 is 0.539. The van der Waals surface area contributed by atoms with Crippen LogP contribution in [0.2, 0.25) is 0 Å². The number of hydrogen-bond donors (Lipinski definition) is 1. The van der Waals surface area contributed by atoms with E-state index in [9.17, 15) is 0 Å². The van der Waals surface area contributed by atoms with Crippen molar-refractivity contribution in [3.8, 4) is 0 Å². The van der Waals surface area contributed by atoms with E-state index in [1.165, 1.54) is 32.1 Å². The van der Waals surface area contributed by atoms with E-state index in [4.69, 9.17) is 0 Å². The van der Waals surface area contributed by atoms with Crippen molar-refractivity contribution in [2.45, 2.75) is 69.8 Å². The maximum Gasteiger partial charge on any atom is 0.0157 e. The molecule has 0 radical (unpaired) electrons. The summed E-state index contributed by atoms with van der Waals surface area (Å²) in [6.45, 7) is 9.31. The highest BCUT2D eigenvalue weighted by Crippen LogP contribution is 2.40. The number of thiol groups is 1. The van der Waals surface area contributed by atoms with Gasteiger partial charge in [-0.05, 0) is 31.4 Å². The van der Waals surface area contributed by atoms with Gasteiger partial charge < -0.3 is 0 Å². The average molecular weight is 234 g/mol. The summed E-state index contributed by atoms with van der Waals surface area (Å²) in [6, 6.07) is 0. The van der Waals surface area contributed by atoms with E-state index in [1.807, 2.05) is 0 Å². The van der Waals surface area contributed by atoms with Gasteiger partial charge in [0.05, 0.1) is 0 Å². The lowest BCUT2D eigenvalue weighted by molar-refractivity contribution is 0.498. The van der Waals surface area contributed by atoms with Crippen LogP contribution in [0.3, 0.4) is 0 Å². The fourth-order valence-corrected chi connectivity index (χ4v) is 4.26. The fourth-order valence-electron chi connectivity index (χ4n) is 1.95. The zero-order chi connectivity index (χ0) is 11.0. The van der Waals surface area contributed by atoms with Crippen LogP contribution in [0.4, 0.5) is 0 Å². The predicted molar refractivity (Wildman–Crippen MR) is 73.7 cm³/mol. The molecular weight excluding hydrogens is 208 g/mol. The van der Waals surface area contributed by atoms with Crippen LogP contribution in [-0.2, 0) is 0 Å². The highest BCUT2D eigenvalue weighted by atomic mass is 32.2. The van der Waals surface area contributed by atoms with Crippen molar-refractivity contribution in [2.75, 3.05) is 5.75 Å². The van der Waals surface area contributed by atoms with Crippen molar-refractivity contribution in [1.82, 2.24) is 0 Å². The zero-order valence-corrected chi connectivity index (χ0v) is 11.9. The molecule has 0 heterocycles. The third-order valence-corrected chi connectivity index (χ3v) is 5.16. The van der Waals surface area contributed by atoms with Crippen LogP contribution < -0.4 is 0 Å². The van der Waals surface area contributed by atoms with Crippen molar-refractivity contribution in [3.05, 3.63) is 0 Å². The van der Waals surface area contributed by atoms with E-state index >= 15 is 0 Å². The Bertz CT molecular complexity index is 130. The van der Waals surface area contributed by atoms with Crippen LogP contribution in [0.1, 0.15) is 59.8 Å². The van der Waals surface area contributed by atoms with E-state index < -0.39 is 0 Å². The summed E-state index contributed by atoms with van der Waals surface area (Å²) in [5.41, 5.74) is 0. The SMILES string of the molecule is CCCC(CC)(CC)SC(C)CCS. The first-order valence-corrected chi connectivity index (χ1v) is 7.44. The Morgan fingerprint density at radius 2 is 1.79 bits per heavy atom. The summed E-state index contributed by atoms with van der Waals surface area (Å²) in [6.07, 6.45) is 6.51. The molecular formula is C12H26S2. The van der Waals surface area contributed by atoms with E-state index in [0.717, 1.165) is 11.0 Å². The molecule has 0 spiro atoms. The summed E-state index contributed by atoms with van der Waals surface area (Å²) in [5.74, 6) is 1.02. The van der Waals surface area contributed by atoms with Gasteiger partial charge in [-0.25, -0.2) is 0 Å². The first-order valence-electron chi connectivity index (χ1n) is 5.92. The minimum Gasteiger partial charge on any atom is -0.179 e. The van der Waals surface area contributed by atoms with Crippen molar-refractivity contribution in [2.24, 2.45) is 0 Å². The summed E-state index contributed by atoms with van der Waals surface area (Å²) in [4.78, 5) is 0. The molecule has 0 rings (SSSR count). The molecule has 86 valence electrons. The van der Waals surface area contributed by atoms with Crippen molar-refractivity contribution < 1.29 is 0 Å². The Balaban J connectivity index is 4.18. The quantitative estimate of drug-likeness (QED) is 0.589. The second-order valence-corrected chi connectivity index (χ2v) is 6.43. The smallest absolute Gasteiger partial charge is 0.0157 e. The lowest BCUT2D eigenvalue weighted by Gasteiger charge is -2.33.